The van der Waals surface area contributed by atoms with E-state index in [2.05, 4.69) is 5.32 Å². The lowest BCUT2D eigenvalue weighted by molar-refractivity contribution is -0.121. The first kappa shape index (κ1) is 21.8. The van der Waals surface area contributed by atoms with Gasteiger partial charge < -0.3 is 14.8 Å². The van der Waals surface area contributed by atoms with Gasteiger partial charge in [-0.1, -0.05) is 25.1 Å². The molecule has 0 heterocycles. The molecule has 2 rings (SSSR count). The lowest BCUT2D eigenvalue weighted by Crippen LogP contribution is -2.28. The highest BCUT2D eigenvalue weighted by atomic mass is 32.2. The van der Waals surface area contributed by atoms with Crippen molar-refractivity contribution in [3.8, 4) is 11.5 Å². The highest BCUT2D eigenvalue weighted by Crippen LogP contribution is 2.28. The molecule has 1 atom stereocenters. The van der Waals surface area contributed by atoms with Crippen LogP contribution in [0.25, 0.3) is 0 Å². The van der Waals surface area contributed by atoms with E-state index in [4.69, 9.17) is 9.47 Å². The van der Waals surface area contributed by atoms with Gasteiger partial charge in [-0.15, -0.1) is 0 Å². The number of benzene rings is 2. The van der Waals surface area contributed by atoms with Crippen molar-refractivity contribution in [1.82, 2.24) is 5.32 Å². The second-order valence-electron chi connectivity index (χ2n) is 6.56. The number of hydrogen-bond donors (Lipinski definition) is 1. The Hall–Kier alpha value is -2.54. The fraction of sp³-hybridized carbons (Fsp3) is 0.381. The summed E-state index contributed by atoms with van der Waals surface area (Å²) in [6, 6.07) is 12.1. The Kier molecular flexibility index (Phi) is 7.45. The summed E-state index contributed by atoms with van der Waals surface area (Å²) in [4.78, 5) is 12.7. The van der Waals surface area contributed by atoms with Crippen LogP contribution in [0.1, 0.15) is 36.9 Å². The number of aryl methyl sites for hydroxylation is 1. The van der Waals surface area contributed by atoms with E-state index in [1.54, 1.807) is 38.5 Å². The van der Waals surface area contributed by atoms with Crippen LogP contribution in [0.5, 0.6) is 11.5 Å². The van der Waals surface area contributed by atoms with Crippen LogP contribution in [0.4, 0.5) is 0 Å². The predicted molar refractivity (Wildman–Crippen MR) is 109 cm³/mol. The first-order chi connectivity index (χ1) is 13.3. The summed E-state index contributed by atoms with van der Waals surface area (Å²) < 4.78 is 33.7. The molecule has 2 aromatic carbocycles. The largest absolute Gasteiger partial charge is 0.493 e. The van der Waals surface area contributed by atoms with E-state index >= 15 is 0 Å². The molecule has 0 spiro atoms. The molecule has 152 valence electrons. The van der Waals surface area contributed by atoms with Crippen LogP contribution in [0, 0.1) is 0 Å². The van der Waals surface area contributed by atoms with Crippen molar-refractivity contribution in [3.63, 3.8) is 0 Å². The Morgan fingerprint density at radius 1 is 1.04 bits per heavy atom. The Labute approximate surface area is 166 Å². The quantitative estimate of drug-likeness (QED) is 0.692. The van der Waals surface area contributed by atoms with Crippen LogP contribution >= 0.6 is 0 Å². The summed E-state index contributed by atoms with van der Waals surface area (Å²) in [6.07, 6.45) is 2.80. The summed E-state index contributed by atoms with van der Waals surface area (Å²) in [7, 11) is -0.0714. The van der Waals surface area contributed by atoms with E-state index < -0.39 is 9.84 Å². The molecule has 0 aliphatic carbocycles. The molecule has 0 aliphatic rings. The molecule has 28 heavy (non-hydrogen) atoms. The number of nitrogens with one attached hydrogen (secondary N) is 1. The maximum Gasteiger partial charge on any atom is 0.220 e. The number of ether oxygens (including phenoxy) is 2. The van der Waals surface area contributed by atoms with Gasteiger partial charge in [-0.3, -0.25) is 4.79 Å². The topological polar surface area (TPSA) is 81.7 Å². The first-order valence-electron chi connectivity index (χ1n) is 9.08. The number of carbonyl (C=O) groups excluding carboxylic acids is 1. The van der Waals surface area contributed by atoms with Gasteiger partial charge >= 0.3 is 0 Å². The number of carbonyl (C=O) groups is 1. The molecule has 0 aromatic heterocycles. The fourth-order valence-electron chi connectivity index (χ4n) is 2.93. The summed E-state index contributed by atoms with van der Waals surface area (Å²) >= 11 is 0. The minimum absolute atomic E-state index is 0.0613. The third kappa shape index (κ3) is 5.73. The molecule has 2 aromatic rings. The molecule has 1 amide bonds. The van der Waals surface area contributed by atoms with E-state index in [1.165, 1.54) is 6.26 Å². The molecule has 0 saturated carbocycles. The van der Waals surface area contributed by atoms with Gasteiger partial charge in [0, 0.05) is 12.7 Å². The molecule has 6 nitrogen and oxygen atoms in total. The Bertz CT molecular complexity index is 907. The fourth-order valence-corrected chi connectivity index (χ4v) is 3.56. The zero-order valence-electron chi connectivity index (χ0n) is 16.7. The number of rotatable bonds is 9. The van der Waals surface area contributed by atoms with Crippen molar-refractivity contribution in [2.24, 2.45) is 0 Å². The predicted octanol–water partition coefficient (Wildman–Crippen LogP) is 3.31. The summed E-state index contributed by atoms with van der Waals surface area (Å²) in [5.41, 5.74) is 1.87. The second kappa shape index (κ2) is 9.59. The number of sulfone groups is 1. The monoisotopic (exact) mass is 405 g/mol. The maximum absolute atomic E-state index is 12.4. The van der Waals surface area contributed by atoms with Crippen LogP contribution in [-0.2, 0) is 21.1 Å². The van der Waals surface area contributed by atoms with E-state index in [1.807, 2.05) is 25.1 Å². The van der Waals surface area contributed by atoms with Gasteiger partial charge in [0.25, 0.3) is 0 Å². The minimum Gasteiger partial charge on any atom is -0.493 e. The zero-order valence-corrected chi connectivity index (χ0v) is 17.5. The van der Waals surface area contributed by atoms with Gasteiger partial charge in [0.1, 0.15) is 0 Å². The van der Waals surface area contributed by atoms with Gasteiger partial charge in [-0.25, -0.2) is 8.42 Å². The number of methoxy groups -OCH3 is 2. The standard InChI is InChI=1S/C21H27NO5S/c1-5-18(16-8-10-17(11-9-16)28(4,24)25)22-21(23)13-7-15-6-12-19(26-2)20(14-15)27-3/h6,8-12,14,18H,5,7,13H2,1-4H3,(H,22,23). The Morgan fingerprint density at radius 2 is 1.68 bits per heavy atom. The lowest BCUT2D eigenvalue weighted by atomic mass is 10.0. The van der Waals surface area contributed by atoms with Crippen molar-refractivity contribution >= 4 is 15.7 Å². The van der Waals surface area contributed by atoms with E-state index in [0.29, 0.717) is 30.8 Å². The molecule has 0 saturated heterocycles. The zero-order chi connectivity index (χ0) is 20.7. The number of hydrogen-bond acceptors (Lipinski definition) is 5. The maximum atomic E-state index is 12.4. The van der Waals surface area contributed by atoms with Crippen LogP contribution in [0.15, 0.2) is 47.4 Å². The average Bonchev–Trinajstić information content (AvgIpc) is 2.69. The smallest absolute Gasteiger partial charge is 0.220 e. The van der Waals surface area contributed by atoms with Gasteiger partial charge in [0.05, 0.1) is 25.2 Å². The Balaban J connectivity index is 1.99. The van der Waals surface area contributed by atoms with Crippen molar-refractivity contribution in [1.29, 1.82) is 0 Å². The third-order valence-corrected chi connectivity index (χ3v) is 5.67. The average molecular weight is 406 g/mol. The Morgan fingerprint density at radius 3 is 2.21 bits per heavy atom. The summed E-state index contributed by atoms with van der Waals surface area (Å²) in [5.74, 6) is 1.23. The van der Waals surface area contributed by atoms with Gasteiger partial charge in [-0.05, 0) is 48.2 Å². The molecule has 0 fully saturated rings. The summed E-state index contributed by atoms with van der Waals surface area (Å²) in [6.45, 7) is 1.98. The van der Waals surface area contributed by atoms with Crippen molar-refractivity contribution < 1.29 is 22.7 Å². The molecular formula is C21H27NO5S. The van der Waals surface area contributed by atoms with Crippen LogP contribution in [0.3, 0.4) is 0 Å². The van der Waals surface area contributed by atoms with E-state index in [9.17, 15) is 13.2 Å². The van der Waals surface area contributed by atoms with Gasteiger partial charge in [0.2, 0.25) is 5.91 Å². The molecular weight excluding hydrogens is 378 g/mol. The van der Waals surface area contributed by atoms with E-state index in [-0.39, 0.29) is 16.8 Å². The van der Waals surface area contributed by atoms with Crippen LogP contribution < -0.4 is 14.8 Å². The highest BCUT2D eigenvalue weighted by Gasteiger charge is 2.15. The molecule has 1 unspecified atom stereocenters. The summed E-state index contributed by atoms with van der Waals surface area (Å²) in [5, 5.41) is 3.02. The van der Waals surface area contributed by atoms with Crippen LogP contribution in [-0.4, -0.2) is 34.8 Å². The normalized spacial score (nSPS) is 12.3. The van der Waals surface area contributed by atoms with Crippen molar-refractivity contribution in [2.45, 2.75) is 37.1 Å². The molecule has 1 N–H and O–H groups in total. The molecule has 0 bridgehead atoms. The lowest BCUT2D eigenvalue weighted by Gasteiger charge is -2.18. The van der Waals surface area contributed by atoms with Crippen molar-refractivity contribution in [2.75, 3.05) is 20.5 Å². The van der Waals surface area contributed by atoms with Crippen molar-refractivity contribution in [3.05, 3.63) is 53.6 Å². The molecule has 0 radical (unpaired) electrons. The highest BCUT2D eigenvalue weighted by molar-refractivity contribution is 7.90. The molecule has 7 heteroatoms. The first-order valence-corrected chi connectivity index (χ1v) is 11.0. The minimum atomic E-state index is -3.23. The SMILES string of the molecule is CCC(NC(=O)CCc1ccc(OC)c(OC)c1)c1ccc(S(C)(=O)=O)cc1. The third-order valence-electron chi connectivity index (χ3n) is 4.54. The number of amides is 1. The van der Waals surface area contributed by atoms with Gasteiger partial charge in [0.15, 0.2) is 21.3 Å². The second-order valence-corrected chi connectivity index (χ2v) is 8.57. The van der Waals surface area contributed by atoms with Crippen LogP contribution in [0.2, 0.25) is 0 Å². The molecule has 0 aliphatic heterocycles. The van der Waals surface area contributed by atoms with Gasteiger partial charge in [-0.2, -0.15) is 0 Å². The van der Waals surface area contributed by atoms with E-state index in [0.717, 1.165) is 11.1 Å².